The Bertz CT molecular complexity index is 817. The van der Waals surface area contributed by atoms with Crippen molar-refractivity contribution in [2.75, 3.05) is 12.8 Å². The summed E-state index contributed by atoms with van der Waals surface area (Å²) < 4.78 is 26.4. The van der Waals surface area contributed by atoms with Crippen LogP contribution >= 0.6 is 0 Å². The topological polar surface area (TPSA) is 84.3 Å². The molecule has 128 valence electrons. The van der Waals surface area contributed by atoms with Crippen LogP contribution in [0, 0.1) is 0 Å². The van der Waals surface area contributed by atoms with Crippen LogP contribution < -0.4 is 5.32 Å². The Morgan fingerprint density at radius 2 is 2.08 bits per heavy atom. The van der Waals surface area contributed by atoms with Crippen LogP contribution in [0.3, 0.4) is 0 Å². The van der Waals surface area contributed by atoms with Gasteiger partial charge in [-0.1, -0.05) is 18.2 Å². The third-order valence-electron chi connectivity index (χ3n) is 4.06. The minimum atomic E-state index is -3.36. The molecule has 0 bridgehead atoms. The van der Waals surface area contributed by atoms with Gasteiger partial charge in [0.1, 0.15) is 6.04 Å². The maximum Gasteiger partial charge on any atom is 0.238 e. The number of hydrogen-bond acceptors (Lipinski definition) is 4. The lowest BCUT2D eigenvalue weighted by Crippen LogP contribution is -2.45. The lowest BCUT2D eigenvalue weighted by molar-refractivity contribution is -0.124. The number of carbonyl (C=O) groups is 1. The van der Waals surface area contributed by atoms with Crippen molar-refractivity contribution in [2.24, 2.45) is 0 Å². The number of carbonyl (C=O) groups excluding carboxylic acids is 1. The molecule has 2 aromatic rings. The minimum absolute atomic E-state index is 0.259. The summed E-state index contributed by atoms with van der Waals surface area (Å²) in [6, 6.07) is 9.07. The molecule has 1 saturated heterocycles. The number of benzene rings is 1. The van der Waals surface area contributed by atoms with Crippen LogP contribution in [0.4, 0.5) is 0 Å². The van der Waals surface area contributed by atoms with E-state index in [0.29, 0.717) is 25.9 Å². The molecule has 3 rings (SSSR count). The van der Waals surface area contributed by atoms with E-state index in [9.17, 15) is 13.2 Å². The summed E-state index contributed by atoms with van der Waals surface area (Å²) in [6.45, 7) is 0.725. The molecule has 1 fully saturated rings. The lowest BCUT2D eigenvalue weighted by Gasteiger charge is -2.21. The zero-order chi connectivity index (χ0) is 17.2. The van der Waals surface area contributed by atoms with Gasteiger partial charge in [0.2, 0.25) is 15.9 Å². The molecule has 0 saturated carbocycles. The van der Waals surface area contributed by atoms with Gasteiger partial charge in [0, 0.05) is 24.8 Å². The quantitative estimate of drug-likeness (QED) is 0.870. The first kappa shape index (κ1) is 16.7. The van der Waals surface area contributed by atoms with E-state index < -0.39 is 16.1 Å². The number of nitrogens with zero attached hydrogens (tertiary/aromatic N) is 3. The van der Waals surface area contributed by atoms with Crippen molar-refractivity contribution in [3.63, 3.8) is 0 Å². The fourth-order valence-electron chi connectivity index (χ4n) is 2.88. The van der Waals surface area contributed by atoms with Gasteiger partial charge in [-0.15, -0.1) is 0 Å². The van der Waals surface area contributed by atoms with Gasteiger partial charge in [0.25, 0.3) is 0 Å². The van der Waals surface area contributed by atoms with Crippen LogP contribution in [0.25, 0.3) is 5.69 Å². The third-order valence-corrected chi connectivity index (χ3v) is 5.34. The molecule has 1 aliphatic heterocycles. The maximum absolute atomic E-state index is 12.3. The average molecular weight is 348 g/mol. The van der Waals surface area contributed by atoms with Gasteiger partial charge in [0.05, 0.1) is 18.1 Å². The third kappa shape index (κ3) is 3.65. The van der Waals surface area contributed by atoms with Crippen molar-refractivity contribution in [2.45, 2.75) is 25.4 Å². The Labute approximate surface area is 141 Å². The maximum atomic E-state index is 12.3. The Morgan fingerprint density at radius 1 is 1.33 bits per heavy atom. The van der Waals surface area contributed by atoms with Gasteiger partial charge in [-0.3, -0.25) is 4.79 Å². The van der Waals surface area contributed by atoms with Gasteiger partial charge in [-0.2, -0.15) is 9.40 Å². The minimum Gasteiger partial charge on any atom is -0.351 e. The van der Waals surface area contributed by atoms with Crippen LogP contribution in [0.5, 0.6) is 0 Å². The van der Waals surface area contributed by atoms with Gasteiger partial charge in [-0.05, 0) is 25.0 Å². The van der Waals surface area contributed by atoms with E-state index in [4.69, 9.17) is 0 Å². The molecule has 1 unspecified atom stereocenters. The number of rotatable bonds is 5. The average Bonchev–Trinajstić information content (AvgIpc) is 3.22. The summed E-state index contributed by atoms with van der Waals surface area (Å²) in [4.78, 5) is 12.3. The highest BCUT2D eigenvalue weighted by Gasteiger charge is 2.36. The number of amides is 1. The van der Waals surface area contributed by atoms with Gasteiger partial charge in [0.15, 0.2) is 0 Å². The van der Waals surface area contributed by atoms with Crippen LogP contribution in [0.15, 0.2) is 42.7 Å². The summed E-state index contributed by atoms with van der Waals surface area (Å²) >= 11 is 0. The lowest BCUT2D eigenvalue weighted by atomic mass is 10.2. The second kappa shape index (κ2) is 6.74. The summed E-state index contributed by atoms with van der Waals surface area (Å²) in [5, 5.41) is 7.08. The Balaban J connectivity index is 1.62. The standard InChI is InChI=1S/C16H20N4O3S/c1-24(22,23)20-9-5-8-15(20)16(21)17-10-13-11-18-19(12-13)14-6-3-2-4-7-14/h2-4,6-7,11-12,15H,5,8-10H2,1H3,(H,17,21). The van der Waals surface area contributed by atoms with E-state index in [2.05, 4.69) is 10.4 Å². The molecule has 1 aromatic heterocycles. The molecule has 1 aromatic carbocycles. The van der Waals surface area contributed by atoms with Crippen molar-refractivity contribution in [1.82, 2.24) is 19.4 Å². The van der Waals surface area contributed by atoms with Crippen molar-refractivity contribution < 1.29 is 13.2 Å². The van der Waals surface area contributed by atoms with Crippen LogP contribution in [-0.4, -0.2) is 47.3 Å². The number of aromatic nitrogens is 2. The predicted molar refractivity (Wildman–Crippen MR) is 90.0 cm³/mol. The number of para-hydroxylation sites is 1. The highest BCUT2D eigenvalue weighted by Crippen LogP contribution is 2.20. The van der Waals surface area contributed by atoms with Crippen LogP contribution in [-0.2, 0) is 21.4 Å². The van der Waals surface area contributed by atoms with Gasteiger partial charge in [-0.25, -0.2) is 13.1 Å². The van der Waals surface area contributed by atoms with Gasteiger partial charge < -0.3 is 5.32 Å². The van der Waals surface area contributed by atoms with E-state index in [1.54, 1.807) is 10.9 Å². The fraction of sp³-hybridized carbons (Fsp3) is 0.375. The summed E-state index contributed by atoms with van der Waals surface area (Å²) in [6.07, 6.45) is 5.94. The Kier molecular flexibility index (Phi) is 4.68. The van der Waals surface area contributed by atoms with E-state index >= 15 is 0 Å². The van der Waals surface area contributed by atoms with Crippen LogP contribution in [0.1, 0.15) is 18.4 Å². The normalized spacial score (nSPS) is 18.6. The smallest absolute Gasteiger partial charge is 0.238 e. The van der Waals surface area contributed by atoms with E-state index in [1.807, 2.05) is 36.5 Å². The second-order valence-corrected chi connectivity index (χ2v) is 7.81. The predicted octanol–water partition coefficient (Wildman–Crippen LogP) is 0.913. The van der Waals surface area contributed by atoms with E-state index in [1.165, 1.54) is 4.31 Å². The summed E-state index contributed by atoms with van der Waals surface area (Å²) in [5.41, 5.74) is 1.80. The number of nitrogens with one attached hydrogen (secondary N) is 1. The Morgan fingerprint density at radius 3 is 2.79 bits per heavy atom. The first-order valence-corrected chi connectivity index (χ1v) is 9.63. The van der Waals surface area contributed by atoms with E-state index in [-0.39, 0.29) is 5.91 Å². The fourth-order valence-corrected chi connectivity index (χ4v) is 4.00. The van der Waals surface area contributed by atoms with Crippen molar-refractivity contribution in [3.8, 4) is 5.69 Å². The highest BCUT2D eigenvalue weighted by molar-refractivity contribution is 7.88. The molecule has 7 nitrogen and oxygen atoms in total. The molecule has 2 heterocycles. The SMILES string of the molecule is CS(=O)(=O)N1CCCC1C(=O)NCc1cnn(-c2ccccc2)c1. The zero-order valence-electron chi connectivity index (χ0n) is 13.4. The summed E-state index contributed by atoms with van der Waals surface area (Å²) in [7, 11) is -3.36. The summed E-state index contributed by atoms with van der Waals surface area (Å²) in [5.74, 6) is -0.259. The number of sulfonamides is 1. The molecule has 1 aliphatic rings. The zero-order valence-corrected chi connectivity index (χ0v) is 14.2. The Hall–Kier alpha value is -2.19. The van der Waals surface area contributed by atoms with Crippen molar-refractivity contribution >= 4 is 15.9 Å². The van der Waals surface area contributed by atoms with E-state index in [0.717, 1.165) is 17.5 Å². The monoisotopic (exact) mass is 348 g/mol. The molecule has 0 spiro atoms. The second-order valence-electron chi connectivity index (χ2n) is 5.88. The van der Waals surface area contributed by atoms with Gasteiger partial charge >= 0.3 is 0 Å². The number of hydrogen-bond donors (Lipinski definition) is 1. The van der Waals surface area contributed by atoms with Crippen molar-refractivity contribution in [1.29, 1.82) is 0 Å². The molecule has 0 radical (unpaired) electrons. The molecular formula is C16H20N4O3S. The molecule has 0 aliphatic carbocycles. The first-order chi connectivity index (χ1) is 11.4. The molecule has 1 N–H and O–H groups in total. The molecule has 24 heavy (non-hydrogen) atoms. The highest BCUT2D eigenvalue weighted by atomic mass is 32.2. The largest absolute Gasteiger partial charge is 0.351 e. The van der Waals surface area contributed by atoms with Crippen LogP contribution in [0.2, 0.25) is 0 Å². The molecule has 1 amide bonds. The van der Waals surface area contributed by atoms with Crippen molar-refractivity contribution in [3.05, 3.63) is 48.3 Å². The first-order valence-electron chi connectivity index (χ1n) is 7.78. The molecular weight excluding hydrogens is 328 g/mol. The molecule has 1 atom stereocenters. The molecule has 8 heteroatoms.